The van der Waals surface area contributed by atoms with Gasteiger partial charge in [-0.2, -0.15) is 0 Å². The number of anilines is 1. The first-order valence-electron chi connectivity index (χ1n) is 8.11. The lowest BCUT2D eigenvalue weighted by atomic mass is 10.2. The molecule has 1 saturated carbocycles. The van der Waals surface area contributed by atoms with Crippen LogP contribution in [0.1, 0.15) is 18.4 Å². The van der Waals surface area contributed by atoms with E-state index in [9.17, 15) is 4.79 Å². The molecule has 2 aliphatic rings. The molecule has 1 aliphatic carbocycles. The number of likely N-dealkylation sites (N-methyl/N-ethyl adjacent to an activating group) is 1. The third-order valence-corrected chi connectivity index (χ3v) is 4.36. The van der Waals surface area contributed by atoms with E-state index < -0.39 is 0 Å². The van der Waals surface area contributed by atoms with Crippen LogP contribution >= 0.6 is 0 Å². The second-order valence-corrected chi connectivity index (χ2v) is 6.28. The van der Waals surface area contributed by atoms with E-state index in [1.807, 2.05) is 18.3 Å². The Morgan fingerprint density at radius 1 is 1.27 bits per heavy atom. The molecular weight excluding hydrogens is 278 g/mol. The molecule has 22 heavy (non-hydrogen) atoms. The van der Waals surface area contributed by atoms with Crippen LogP contribution in [0.5, 0.6) is 0 Å². The van der Waals surface area contributed by atoms with Crippen LogP contribution in [0.4, 0.5) is 10.6 Å². The number of pyridine rings is 1. The van der Waals surface area contributed by atoms with Crippen LogP contribution in [-0.4, -0.2) is 55.7 Å². The molecule has 0 unspecified atom stereocenters. The fraction of sp³-hybridized carbons (Fsp3) is 0.625. The first-order chi connectivity index (χ1) is 10.7. The zero-order chi connectivity index (χ0) is 15.4. The van der Waals surface area contributed by atoms with Crippen molar-refractivity contribution in [3.05, 3.63) is 23.9 Å². The van der Waals surface area contributed by atoms with Crippen LogP contribution in [0.3, 0.4) is 0 Å². The molecule has 1 saturated heterocycles. The number of hydrogen-bond acceptors (Lipinski definition) is 4. The van der Waals surface area contributed by atoms with Crippen molar-refractivity contribution in [2.45, 2.75) is 19.4 Å². The molecule has 2 amide bonds. The van der Waals surface area contributed by atoms with Gasteiger partial charge in [0, 0.05) is 51.0 Å². The lowest BCUT2D eigenvalue weighted by molar-refractivity contribution is 0.240. The molecule has 0 aromatic carbocycles. The maximum absolute atomic E-state index is 11.8. The van der Waals surface area contributed by atoms with Crippen molar-refractivity contribution in [3.8, 4) is 0 Å². The topological polar surface area (TPSA) is 60.5 Å². The molecule has 2 N–H and O–H groups in total. The summed E-state index contributed by atoms with van der Waals surface area (Å²) in [5.41, 5.74) is 1.08. The Hall–Kier alpha value is -1.82. The average molecular weight is 303 g/mol. The SMILES string of the molecule is CN1CCN(c2ncccc2CNC(=O)NCC2CC2)CC1. The van der Waals surface area contributed by atoms with Crippen LogP contribution in [0.25, 0.3) is 0 Å². The Balaban J connectivity index is 1.54. The number of hydrogen-bond donors (Lipinski definition) is 2. The Labute approximate surface area is 131 Å². The Kier molecular flexibility index (Phi) is 4.77. The smallest absolute Gasteiger partial charge is 0.315 e. The Bertz CT molecular complexity index is 509. The number of amides is 2. The average Bonchev–Trinajstić information content (AvgIpc) is 3.36. The zero-order valence-electron chi connectivity index (χ0n) is 13.2. The summed E-state index contributed by atoms with van der Waals surface area (Å²) in [5.74, 6) is 1.70. The summed E-state index contributed by atoms with van der Waals surface area (Å²) in [7, 11) is 2.14. The van der Waals surface area contributed by atoms with E-state index >= 15 is 0 Å². The molecule has 0 radical (unpaired) electrons. The minimum atomic E-state index is -0.0833. The summed E-state index contributed by atoms with van der Waals surface area (Å²) in [4.78, 5) is 21.0. The van der Waals surface area contributed by atoms with Crippen LogP contribution < -0.4 is 15.5 Å². The van der Waals surface area contributed by atoms with Crippen molar-refractivity contribution >= 4 is 11.8 Å². The number of piperazine rings is 1. The minimum Gasteiger partial charge on any atom is -0.354 e. The predicted molar refractivity (Wildman–Crippen MR) is 86.9 cm³/mol. The summed E-state index contributed by atoms with van der Waals surface area (Å²) in [6.07, 6.45) is 4.32. The van der Waals surface area contributed by atoms with Crippen molar-refractivity contribution in [2.75, 3.05) is 44.7 Å². The summed E-state index contributed by atoms with van der Waals surface area (Å²) >= 11 is 0. The van der Waals surface area contributed by atoms with E-state index in [0.717, 1.165) is 44.1 Å². The van der Waals surface area contributed by atoms with E-state index in [1.54, 1.807) is 0 Å². The van der Waals surface area contributed by atoms with Gasteiger partial charge in [0.05, 0.1) is 0 Å². The predicted octanol–water partition coefficient (Wildman–Crippen LogP) is 1.04. The number of carbonyl (C=O) groups is 1. The molecule has 0 bridgehead atoms. The second-order valence-electron chi connectivity index (χ2n) is 6.28. The lowest BCUT2D eigenvalue weighted by Crippen LogP contribution is -2.45. The zero-order valence-corrected chi connectivity index (χ0v) is 13.2. The molecule has 2 heterocycles. The normalized spacial score (nSPS) is 19.0. The van der Waals surface area contributed by atoms with Gasteiger partial charge in [0.1, 0.15) is 5.82 Å². The van der Waals surface area contributed by atoms with Gasteiger partial charge in [-0.05, 0) is 31.9 Å². The van der Waals surface area contributed by atoms with Crippen molar-refractivity contribution in [1.82, 2.24) is 20.5 Å². The number of rotatable bonds is 5. The van der Waals surface area contributed by atoms with Crippen molar-refractivity contribution in [3.63, 3.8) is 0 Å². The number of nitrogens with zero attached hydrogens (tertiary/aromatic N) is 3. The molecule has 0 atom stereocenters. The first kappa shape index (κ1) is 15.1. The van der Waals surface area contributed by atoms with E-state index in [0.29, 0.717) is 12.5 Å². The monoisotopic (exact) mass is 303 g/mol. The van der Waals surface area contributed by atoms with Gasteiger partial charge in [0.25, 0.3) is 0 Å². The lowest BCUT2D eigenvalue weighted by Gasteiger charge is -2.34. The van der Waals surface area contributed by atoms with Crippen molar-refractivity contribution in [2.24, 2.45) is 5.92 Å². The highest BCUT2D eigenvalue weighted by molar-refractivity contribution is 5.74. The van der Waals surface area contributed by atoms with Gasteiger partial charge in [-0.25, -0.2) is 9.78 Å². The van der Waals surface area contributed by atoms with Crippen molar-refractivity contribution in [1.29, 1.82) is 0 Å². The standard InChI is InChI=1S/C16H25N5O/c1-20-7-9-21(10-8-20)15-14(3-2-6-17-15)12-19-16(22)18-11-13-4-5-13/h2-3,6,13H,4-5,7-12H2,1H3,(H2,18,19,22). The molecule has 6 nitrogen and oxygen atoms in total. The number of urea groups is 1. The first-order valence-corrected chi connectivity index (χ1v) is 8.11. The van der Waals surface area contributed by atoms with Crippen LogP contribution in [-0.2, 0) is 6.54 Å². The highest BCUT2D eigenvalue weighted by atomic mass is 16.2. The maximum atomic E-state index is 11.8. The number of aromatic nitrogens is 1. The van der Waals surface area contributed by atoms with Gasteiger partial charge in [0.15, 0.2) is 0 Å². The fourth-order valence-corrected chi connectivity index (χ4v) is 2.67. The fourth-order valence-electron chi connectivity index (χ4n) is 2.67. The third-order valence-electron chi connectivity index (χ3n) is 4.36. The molecule has 1 aromatic heterocycles. The third kappa shape index (κ3) is 4.10. The van der Waals surface area contributed by atoms with Crippen LogP contribution in [0.15, 0.2) is 18.3 Å². The maximum Gasteiger partial charge on any atom is 0.315 e. The number of nitrogens with one attached hydrogen (secondary N) is 2. The van der Waals surface area contributed by atoms with Gasteiger partial charge in [-0.1, -0.05) is 6.07 Å². The van der Waals surface area contributed by atoms with Crippen molar-refractivity contribution < 1.29 is 4.79 Å². The van der Waals surface area contributed by atoms with Gasteiger partial charge < -0.3 is 20.4 Å². The summed E-state index contributed by atoms with van der Waals surface area (Å²) in [6, 6.07) is 3.89. The molecule has 3 rings (SSSR count). The van der Waals surface area contributed by atoms with Gasteiger partial charge in [0.2, 0.25) is 0 Å². The summed E-state index contributed by atoms with van der Waals surface area (Å²) < 4.78 is 0. The van der Waals surface area contributed by atoms with Crippen LogP contribution in [0.2, 0.25) is 0 Å². The molecule has 6 heteroatoms. The highest BCUT2D eigenvalue weighted by Gasteiger charge is 2.22. The summed E-state index contributed by atoms with van der Waals surface area (Å²) in [6.45, 7) is 5.37. The molecule has 1 aliphatic heterocycles. The van der Waals surface area contributed by atoms with Gasteiger partial charge in [-0.3, -0.25) is 0 Å². The second kappa shape index (κ2) is 6.96. The van der Waals surface area contributed by atoms with Crippen LogP contribution in [0, 0.1) is 5.92 Å². The van der Waals surface area contributed by atoms with E-state index in [-0.39, 0.29) is 6.03 Å². The van der Waals surface area contributed by atoms with E-state index in [1.165, 1.54) is 12.8 Å². The molecule has 120 valence electrons. The van der Waals surface area contributed by atoms with E-state index in [2.05, 4.69) is 32.5 Å². The number of carbonyl (C=O) groups excluding carboxylic acids is 1. The summed E-state index contributed by atoms with van der Waals surface area (Å²) in [5, 5.41) is 5.87. The minimum absolute atomic E-state index is 0.0833. The molecule has 0 spiro atoms. The van der Waals surface area contributed by atoms with Gasteiger partial charge >= 0.3 is 6.03 Å². The quantitative estimate of drug-likeness (QED) is 0.853. The highest BCUT2D eigenvalue weighted by Crippen LogP contribution is 2.27. The molecule has 2 fully saturated rings. The largest absolute Gasteiger partial charge is 0.354 e. The molecular formula is C16H25N5O. The Morgan fingerprint density at radius 2 is 2.05 bits per heavy atom. The Morgan fingerprint density at radius 3 is 2.77 bits per heavy atom. The molecule has 1 aromatic rings. The van der Waals surface area contributed by atoms with Gasteiger partial charge in [-0.15, -0.1) is 0 Å². The van der Waals surface area contributed by atoms with E-state index in [4.69, 9.17) is 0 Å².